The second-order valence-corrected chi connectivity index (χ2v) is 6.17. The molecule has 0 radical (unpaired) electrons. The molecule has 0 aliphatic heterocycles. The van der Waals surface area contributed by atoms with Gasteiger partial charge in [0.25, 0.3) is 5.91 Å². The molecule has 0 unspecified atom stereocenters. The molecule has 4 rings (SSSR count). The number of carbonyl (C=O) groups excluding carboxylic acids is 1. The standard InChI is InChI=1S/C19H18N4O2/c1-23(2)13-6-7-18-15(11-13)14-10-12(4-3-5-17(14)25-18)21-19(24)16-8-9-20-22-16/h3-10H,11H2,1-2H3,(H,20,22)(H,21,24). The van der Waals surface area contributed by atoms with Crippen molar-refractivity contribution in [2.24, 2.45) is 0 Å². The summed E-state index contributed by atoms with van der Waals surface area (Å²) >= 11 is 0. The molecule has 126 valence electrons. The van der Waals surface area contributed by atoms with E-state index in [1.165, 1.54) is 5.70 Å². The summed E-state index contributed by atoms with van der Waals surface area (Å²) < 4.78 is 5.96. The summed E-state index contributed by atoms with van der Waals surface area (Å²) in [6.45, 7) is 0. The lowest BCUT2D eigenvalue weighted by Crippen LogP contribution is -2.22. The minimum atomic E-state index is -0.227. The van der Waals surface area contributed by atoms with E-state index < -0.39 is 0 Å². The third-order valence-electron chi connectivity index (χ3n) is 4.29. The third-order valence-corrected chi connectivity index (χ3v) is 4.29. The molecule has 0 atom stereocenters. The van der Waals surface area contributed by atoms with Crippen LogP contribution in [0.25, 0.3) is 18.2 Å². The number of nitrogens with zero attached hydrogens (tertiary/aromatic N) is 2. The van der Waals surface area contributed by atoms with Gasteiger partial charge in [-0.3, -0.25) is 9.89 Å². The molecule has 1 amide bonds. The van der Waals surface area contributed by atoms with E-state index in [0.717, 1.165) is 28.4 Å². The molecule has 25 heavy (non-hydrogen) atoms. The normalized spacial score (nSPS) is 15.0. The van der Waals surface area contributed by atoms with Crippen molar-refractivity contribution < 1.29 is 9.21 Å². The van der Waals surface area contributed by atoms with Gasteiger partial charge in [-0.15, -0.1) is 0 Å². The van der Waals surface area contributed by atoms with Gasteiger partial charge in [-0.25, -0.2) is 0 Å². The fourth-order valence-electron chi connectivity index (χ4n) is 2.94. The van der Waals surface area contributed by atoms with E-state index in [1.807, 2.05) is 44.5 Å². The summed E-state index contributed by atoms with van der Waals surface area (Å²) in [4.78, 5) is 14.4. The van der Waals surface area contributed by atoms with Crippen LogP contribution < -0.4 is 16.1 Å². The first-order chi connectivity index (χ1) is 12.1. The van der Waals surface area contributed by atoms with Crippen LogP contribution in [0.1, 0.15) is 21.6 Å². The summed E-state index contributed by atoms with van der Waals surface area (Å²) in [5.41, 5.74) is 6.15. The highest BCUT2D eigenvalue weighted by Crippen LogP contribution is 2.17. The Balaban J connectivity index is 1.70. The number of hydrogen-bond acceptors (Lipinski definition) is 4. The second kappa shape index (κ2) is 5.98. The van der Waals surface area contributed by atoms with Gasteiger partial charge in [0.1, 0.15) is 16.5 Å². The average Bonchev–Trinajstić information content (AvgIpc) is 3.19. The number of allylic oxidation sites excluding steroid dienone is 4. The number of furan rings is 1. The highest BCUT2D eigenvalue weighted by molar-refractivity contribution is 5.94. The summed E-state index contributed by atoms with van der Waals surface area (Å²) in [5, 5.41) is 9.37. The Morgan fingerprint density at radius 3 is 2.92 bits per heavy atom. The number of fused-ring (bicyclic) bond motifs is 3. The molecule has 2 N–H and O–H groups in total. The number of hydrogen-bond donors (Lipinski definition) is 2. The number of nitrogens with one attached hydrogen (secondary N) is 2. The number of aromatic amines is 1. The Labute approximate surface area is 144 Å². The fourth-order valence-corrected chi connectivity index (χ4v) is 2.94. The van der Waals surface area contributed by atoms with Crippen LogP contribution in [0.3, 0.4) is 0 Å². The molecule has 2 heterocycles. The molecule has 6 heteroatoms. The van der Waals surface area contributed by atoms with Crippen LogP contribution >= 0.6 is 0 Å². The maximum atomic E-state index is 12.3. The average molecular weight is 334 g/mol. The van der Waals surface area contributed by atoms with Crippen molar-refractivity contribution in [1.82, 2.24) is 20.4 Å². The first-order valence-corrected chi connectivity index (χ1v) is 8.02. The maximum absolute atomic E-state index is 12.3. The smallest absolute Gasteiger partial charge is 0.273 e. The maximum Gasteiger partial charge on any atom is 0.273 e. The molecule has 2 aromatic heterocycles. The molecule has 0 aromatic carbocycles. The zero-order chi connectivity index (χ0) is 17.4. The lowest BCUT2D eigenvalue weighted by molar-refractivity contribution is 0.0962. The van der Waals surface area contributed by atoms with Crippen LogP contribution in [0.5, 0.6) is 0 Å². The monoisotopic (exact) mass is 334 g/mol. The lowest BCUT2D eigenvalue weighted by atomic mass is 10.0. The Hall–Kier alpha value is -3.28. The summed E-state index contributed by atoms with van der Waals surface area (Å²) in [6.07, 6.45) is 14.0. The third kappa shape index (κ3) is 2.82. The first kappa shape index (κ1) is 15.3. The van der Waals surface area contributed by atoms with Crippen LogP contribution in [-0.2, 0) is 6.42 Å². The predicted molar refractivity (Wildman–Crippen MR) is 95.5 cm³/mol. The van der Waals surface area contributed by atoms with Crippen LogP contribution in [0, 0.1) is 0 Å². The quantitative estimate of drug-likeness (QED) is 0.875. The minimum Gasteiger partial charge on any atom is -0.456 e. The van der Waals surface area contributed by atoms with Gasteiger partial charge in [0.05, 0.1) is 0 Å². The molecule has 0 fully saturated rings. The van der Waals surface area contributed by atoms with Crippen molar-refractivity contribution >= 4 is 24.1 Å². The summed E-state index contributed by atoms with van der Waals surface area (Å²) in [5.74, 6) is -0.227. The number of likely N-dealkylation sites (N-methyl/N-ethyl adjacent to an activating group) is 1. The summed E-state index contributed by atoms with van der Waals surface area (Å²) in [6, 6.07) is 1.64. The SMILES string of the molecule is CN(C)C1=CC=c2oc3c(c2C1)C=C(NC(=O)c1ccn[nH]1)C=CC=3. The molecule has 2 aliphatic carbocycles. The lowest BCUT2D eigenvalue weighted by Gasteiger charge is -2.18. The molecule has 0 saturated carbocycles. The Kier molecular flexibility index (Phi) is 3.65. The Morgan fingerprint density at radius 1 is 1.28 bits per heavy atom. The highest BCUT2D eigenvalue weighted by atomic mass is 16.3. The number of carbonyl (C=O) groups is 1. The van der Waals surface area contributed by atoms with Crippen LogP contribution in [0.2, 0.25) is 0 Å². The van der Waals surface area contributed by atoms with Crippen LogP contribution in [0.15, 0.2) is 46.3 Å². The van der Waals surface area contributed by atoms with E-state index in [-0.39, 0.29) is 5.91 Å². The van der Waals surface area contributed by atoms with E-state index in [4.69, 9.17) is 4.42 Å². The molecule has 6 nitrogen and oxygen atoms in total. The van der Waals surface area contributed by atoms with Crippen molar-refractivity contribution in [3.8, 4) is 0 Å². The number of H-pyrrole nitrogens is 1. The molecular weight excluding hydrogens is 316 g/mol. The fraction of sp³-hybridized carbons (Fsp3) is 0.158. The molecule has 0 spiro atoms. The predicted octanol–water partition coefficient (Wildman–Crippen LogP) is 0.906. The minimum absolute atomic E-state index is 0.227. The van der Waals surface area contributed by atoms with Gasteiger partial charge in [0, 0.05) is 49.2 Å². The molecule has 0 saturated heterocycles. The van der Waals surface area contributed by atoms with Crippen molar-refractivity contribution in [3.05, 3.63) is 69.5 Å². The Bertz CT molecular complexity index is 1030. The van der Waals surface area contributed by atoms with E-state index in [0.29, 0.717) is 11.4 Å². The number of amides is 1. The van der Waals surface area contributed by atoms with E-state index >= 15 is 0 Å². The van der Waals surface area contributed by atoms with Crippen molar-refractivity contribution in [1.29, 1.82) is 0 Å². The number of rotatable bonds is 3. The topological polar surface area (TPSA) is 74.2 Å². The van der Waals surface area contributed by atoms with Crippen LogP contribution in [0.4, 0.5) is 0 Å². The van der Waals surface area contributed by atoms with Gasteiger partial charge in [0.2, 0.25) is 0 Å². The second-order valence-electron chi connectivity index (χ2n) is 6.17. The van der Waals surface area contributed by atoms with Crippen LogP contribution in [-0.4, -0.2) is 35.1 Å². The van der Waals surface area contributed by atoms with Crippen molar-refractivity contribution in [2.75, 3.05) is 14.1 Å². The van der Waals surface area contributed by atoms with E-state index in [2.05, 4.69) is 26.5 Å². The van der Waals surface area contributed by atoms with E-state index in [1.54, 1.807) is 12.3 Å². The van der Waals surface area contributed by atoms with E-state index in [9.17, 15) is 4.79 Å². The molecular formula is C19H18N4O2. The van der Waals surface area contributed by atoms with Gasteiger partial charge in [-0.2, -0.15) is 5.10 Å². The molecule has 2 aromatic rings. The number of aromatic nitrogens is 2. The molecule has 2 aliphatic rings. The van der Waals surface area contributed by atoms with Crippen molar-refractivity contribution in [2.45, 2.75) is 6.42 Å². The van der Waals surface area contributed by atoms with Gasteiger partial charge in [-0.05, 0) is 36.4 Å². The molecule has 0 bridgehead atoms. The van der Waals surface area contributed by atoms with Gasteiger partial charge in [0.15, 0.2) is 0 Å². The zero-order valence-corrected chi connectivity index (χ0v) is 14.0. The van der Waals surface area contributed by atoms with Gasteiger partial charge >= 0.3 is 0 Å². The Morgan fingerprint density at radius 2 is 2.16 bits per heavy atom. The first-order valence-electron chi connectivity index (χ1n) is 8.02. The zero-order valence-electron chi connectivity index (χ0n) is 14.0. The highest BCUT2D eigenvalue weighted by Gasteiger charge is 2.17. The summed E-state index contributed by atoms with van der Waals surface area (Å²) in [7, 11) is 4.06. The van der Waals surface area contributed by atoms with Crippen molar-refractivity contribution in [3.63, 3.8) is 0 Å². The van der Waals surface area contributed by atoms with Gasteiger partial charge < -0.3 is 14.6 Å². The largest absolute Gasteiger partial charge is 0.456 e. The van der Waals surface area contributed by atoms with Gasteiger partial charge in [-0.1, -0.05) is 6.08 Å².